The van der Waals surface area contributed by atoms with Crippen molar-refractivity contribution in [3.8, 4) is 0 Å². The molecule has 2 aromatic carbocycles. The molecule has 4 aliphatic rings. The Balaban J connectivity index is 0.000000172. The summed E-state index contributed by atoms with van der Waals surface area (Å²) in [6.45, 7) is 7.65. The fourth-order valence-electron chi connectivity index (χ4n) is 8.22. The molecule has 6 N–H and O–H groups in total. The number of carbonyl (C=O) groups is 4. The zero-order chi connectivity index (χ0) is 39.3. The lowest BCUT2D eigenvalue weighted by atomic mass is 10.0. The van der Waals surface area contributed by atoms with Crippen molar-refractivity contribution >= 4 is 46.8 Å². The minimum atomic E-state index is -0.352. The summed E-state index contributed by atoms with van der Waals surface area (Å²) in [6.07, 6.45) is 7.08. The minimum absolute atomic E-state index is 0.0631. The van der Waals surface area contributed by atoms with Crippen LogP contribution in [-0.4, -0.2) is 68.4 Å². The summed E-state index contributed by atoms with van der Waals surface area (Å²) in [5.74, 6) is 2.41. The van der Waals surface area contributed by atoms with Gasteiger partial charge in [-0.1, -0.05) is 24.3 Å². The second-order valence-corrected chi connectivity index (χ2v) is 15.9. The topological polar surface area (TPSA) is 192 Å². The normalized spacial score (nSPS) is 21.0. The fourth-order valence-corrected chi connectivity index (χ4v) is 8.22. The van der Waals surface area contributed by atoms with Crippen molar-refractivity contribution in [3.05, 3.63) is 82.2 Å². The molecule has 0 radical (unpaired) electrons. The van der Waals surface area contributed by atoms with Gasteiger partial charge in [-0.3, -0.25) is 19.8 Å². The van der Waals surface area contributed by atoms with Crippen LogP contribution in [0.3, 0.4) is 0 Å². The summed E-state index contributed by atoms with van der Waals surface area (Å²) in [5, 5.41) is 27.1. The van der Waals surface area contributed by atoms with Gasteiger partial charge in [0.15, 0.2) is 23.2 Å². The van der Waals surface area contributed by atoms with Crippen molar-refractivity contribution in [2.24, 2.45) is 0 Å². The van der Waals surface area contributed by atoms with Crippen LogP contribution >= 0.6 is 0 Å². The molecule has 56 heavy (non-hydrogen) atoms. The molecule has 2 heterocycles. The molecule has 0 spiro atoms. The molecule has 8 rings (SSSR count). The van der Waals surface area contributed by atoms with Gasteiger partial charge in [0.2, 0.25) is 0 Å². The predicted octanol–water partition coefficient (Wildman–Crippen LogP) is 8.11. The number of aromatic nitrogens is 4. The highest BCUT2D eigenvalue weighted by molar-refractivity contribution is 6.05. The maximum absolute atomic E-state index is 12.2. The number of rotatable bonds is 10. The van der Waals surface area contributed by atoms with Crippen LogP contribution in [0.1, 0.15) is 134 Å². The number of hydrogen-bond donors (Lipinski definition) is 6. The van der Waals surface area contributed by atoms with E-state index in [1.54, 1.807) is 0 Å². The van der Waals surface area contributed by atoms with E-state index in [0.717, 1.165) is 102 Å². The number of alkyl carbamates (subject to hydrolysis) is 2. The summed E-state index contributed by atoms with van der Waals surface area (Å²) >= 11 is 0. The Morgan fingerprint density at radius 1 is 0.679 bits per heavy atom. The molecule has 14 heteroatoms. The molecule has 2 amide bonds. The van der Waals surface area contributed by atoms with Gasteiger partial charge < -0.3 is 30.7 Å². The maximum atomic E-state index is 12.2. The lowest BCUT2D eigenvalue weighted by molar-refractivity contribution is 0.0972. The molecule has 2 saturated carbocycles. The van der Waals surface area contributed by atoms with E-state index in [2.05, 4.69) is 41.7 Å². The smallest absolute Gasteiger partial charge is 0.407 e. The van der Waals surface area contributed by atoms with E-state index in [4.69, 9.17) is 9.47 Å². The highest BCUT2D eigenvalue weighted by Crippen LogP contribution is 2.38. The Labute approximate surface area is 326 Å². The number of Topliss-reactive ketones (excluding diaryl/α,β-unsaturated/α-hetero) is 2. The fraction of sp³-hybridized carbons (Fsp3) is 0.476. The van der Waals surface area contributed by atoms with Gasteiger partial charge in [0.1, 0.15) is 12.2 Å². The van der Waals surface area contributed by atoms with Gasteiger partial charge in [0.05, 0.1) is 5.69 Å². The Hall–Kier alpha value is -5.66. The molecule has 296 valence electrons. The largest absolute Gasteiger partial charge is 0.446 e. The quantitative estimate of drug-likeness (QED) is 0.0919. The average Bonchev–Trinajstić information content (AvgIpc) is 4.00. The summed E-state index contributed by atoms with van der Waals surface area (Å²) in [6, 6.07) is 15.8. The number of nitrogens with one attached hydrogen (secondary N) is 6. The molecule has 4 aliphatic carbocycles. The second kappa shape index (κ2) is 17.0. The number of aromatic amines is 2. The zero-order valence-corrected chi connectivity index (χ0v) is 32.5. The first kappa shape index (κ1) is 38.6. The van der Waals surface area contributed by atoms with Crippen LogP contribution in [0.15, 0.2) is 48.5 Å². The summed E-state index contributed by atoms with van der Waals surface area (Å²) in [7, 11) is 0. The standard InChI is InChI=1S/2C21H26N4O3/c1-12(2)22-21(27)28-15-8-6-14(10-15)17-11-19(25-24-17)23-16-5-3-4-13-7-9-18(26)20(13)16;1-12(2)22-21(27)28-14-7-6-13(10-14)18-11-20(25-24-18)23-17-5-3-4-16-15(17)8-9-19(16)26/h3-5,11-12,14-15H,6-10H2,1-2H3,(H,22,27)(H2,23,24,25);3-5,11-14H,6-10H2,1-2H3,(H,22,27)(H2,23,24,25)/t14-,15?;13-,14+/m00/s1. The number of ketones is 2. The SMILES string of the molecule is CC(C)NC(=O)OC1CC[C@H](c2cc(Nc3cccc4c3C(=O)CC4)n[nH]2)C1.CC(C)NC(=O)O[C@@H]1CC[C@H](c2cc(Nc3cccc4c3CCC4=O)n[nH]2)C1. The Kier molecular flexibility index (Phi) is 11.7. The summed E-state index contributed by atoms with van der Waals surface area (Å²) in [5.41, 5.74) is 7.60. The Bertz CT molecular complexity index is 2070. The van der Waals surface area contributed by atoms with Crippen LogP contribution in [0, 0.1) is 0 Å². The molecular weight excluding hydrogens is 713 g/mol. The van der Waals surface area contributed by atoms with E-state index >= 15 is 0 Å². The maximum Gasteiger partial charge on any atom is 0.407 e. The Morgan fingerprint density at radius 3 is 1.80 bits per heavy atom. The van der Waals surface area contributed by atoms with Crippen LogP contribution in [0.5, 0.6) is 0 Å². The second-order valence-electron chi connectivity index (χ2n) is 15.9. The third-order valence-corrected chi connectivity index (χ3v) is 10.9. The number of nitrogens with zero attached hydrogens (tertiary/aromatic N) is 2. The number of amides is 2. The van der Waals surface area contributed by atoms with Gasteiger partial charge in [-0.25, -0.2) is 9.59 Å². The molecule has 4 atom stereocenters. The molecule has 2 aromatic heterocycles. The lowest BCUT2D eigenvalue weighted by Gasteiger charge is -2.14. The number of carbonyl (C=O) groups excluding carboxylic acids is 4. The van der Waals surface area contributed by atoms with Crippen LogP contribution < -0.4 is 21.3 Å². The highest BCUT2D eigenvalue weighted by atomic mass is 16.6. The molecule has 14 nitrogen and oxygen atoms in total. The zero-order valence-electron chi connectivity index (χ0n) is 32.5. The van der Waals surface area contributed by atoms with Crippen LogP contribution in [0.25, 0.3) is 0 Å². The number of benzene rings is 2. The highest BCUT2D eigenvalue weighted by Gasteiger charge is 2.32. The predicted molar refractivity (Wildman–Crippen MR) is 212 cm³/mol. The molecule has 1 unspecified atom stereocenters. The number of ether oxygens (including phenoxy) is 2. The van der Waals surface area contributed by atoms with Crippen molar-refractivity contribution in [2.75, 3.05) is 10.6 Å². The molecular formula is C42H52N8O6. The third kappa shape index (κ3) is 9.23. The van der Waals surface area contributed by atoms with Gasteiger partial charge in [-0.2, -0.15) is 10.2 Å². The number of hydrogen-bond acceptors (Lipinski definition) is 10. The van der Waals surface area contributed by atoms with Gasteiger partial charge >= 0.3 is 12.2 Å². The van der Waals surface area contributed by atoms with Gasteiger partial charge in [0.25, 0.3) is 0 Å². The molecule has 4 aromatic rings. The van der Waals surface area contributed by atoms with Crippen molar-refractivity contribution < 1.29 is 28.7 Å². The Morgan fingerprint density at radius 2 is 1.21 bits per heavy atom. The molecule has 0 bridgehead atoms. The van der Waals surface area contributed by atoms with Gasteiger partial charge in [0, 0.05) is 77.1 Å². The molecule has 0 aliphatic heterocycles. The first-order valence-electron chi connectivity index (χ1n) is 19.9. The van der Waals surface area contributed by atoms with Crippen molar-refractivity contribution in [1.82, 2.24) is 31.0 Å². The van der Waals surface area contributed by atoms with Crippen LogP contribution in [0.4, 0.5) is 32.6 Å². The van der Waals surface area contributed by atoms with Gasteiger partial charge in [-0.15, -0.1) is 0 Å². The number of fused-ring (bicyclic) bond motifs is 2. The monoisotopic (exact) mass is 764 g/mol. The van der Waals surface area contributed by atoms with E-state index in [9.17, 15) is 19.2 Å². The lowest BCUT2D eigenvalue weighted by Crippen LogP contribution is -2.33. The van der Waals surface area contributed by atoms with E-state index < -0.39 is 0 Å². The average molecular weight is 765 g/mol. The van der Waals surface area contributed by atoms with Crippen molar-refractivity contribution in [1.29, 1.82) is 0 Å². The van der Waals surface area contributed by atoms with Crippen molar-refractivity contribution in [3.63, 3.8) is 0 Å². The minimum Gasteiger partial charge on any atom is -0.446 e. The summed E-state index contributed by atoms with van der Waals surface area (Å²) < 4.78 is 11.0. The first-order chi connectivity index (χ1) is 27.0. The third-order valence-electron chi connectivity index (χ3n) is 10.9. The van der Waals surface area contributed by atoms with E-state index in [1.165, 1.54) is 0 Å². The van der Waals surface area contributed by atoms with Crippen LogP contribution in [0.2, 0.25) is 0 Å². The summed E-state index contributed by atoms with van der Waals surface area (Å²) in [4.78, 5) is 47.7. The number of H-pyrrole nitrogens is 2. The van der Waals surface area contributed by atoms with Crippen molar-refractivity contribution in [2.45, 2.75) is 128 Å². The van der Waals surface area contributed by atoms with E-state index in [1.807, 2.05) is 76.2 Å². The molecule has 2 fully saturated rings. The first-order valence-corrected chi connectivity index (χ1v) is 19.9. The molecule has 0 saturated heterocycles. The number of anilines is 4. The van der Waals surface area contributed by atoms with Crippen LogP contribution in [-0.2, 0) is 22.3 Å². The van der Waals surface area contributed by atoms with Gasteiger partial charge in [-0.05, 0) is 102 Å². The van der Waals surface area contributed by atoms with E-state index in [0.29, 0.717) is 24.6 Å². The van der Waals surface area contributed by atoms with E-state index in [-0.39, 0.29) is 54.0 Å². The number of aryl methyl sites for hydroxylation is 1.